The van der Waals surface area contributed by atoms with Gasteiger partial charge in [-0.3, -0.25) is 4.79 Å². The molecule has 0 aromatic heterocycles. The standard InChI is InChI=1S/C36H65N3O6/c1-31(2)18-25(19-32(3,4)37-31)43-28(30(42)45-27-22-35(9,10)39-36(11,12)23-27)17-24(15-13-14-16-40)29(41)44-26-20-33(5,6)38-34(7,8)21-26/h16,24-28,37-39H,13-15,17-23H2,1-12H3. The van der Waals surface area contributed by atoms with Crippen LogP contribution in [0.5, 0.6) is 0 Å². The molecule has 2 unspecified atom stereocenters. The van der Waals surface area contributed by atoms with Gasteiger partial charge in [-0.05, 0) is 115 Å². The van der Waals surface area contributed by atoms with E-state index in [0.29, 0.717) is 44.9 Å². The maximum absolute atomic E-state index is 14.1. The molecule has 0 amide bonds. The Kier molecular flexibility index (Phi) is 11.7. The van der Waals surface area contributed by atoms with Crippen LogP contribution in [-0.4, -0.2) is 75.9 Å². The van der Waals surface area contributed by atoms with Gasteiger partial charge in [-0.25, -0.2) is 4.79 Å². The van der Waals surface area contributed by atoms with E-state index in [1.165, 1.54) is 0 Å². The van der Waals surface area contributed by atoms with Gasteiger partial charge in [0.05, 0.1) is 12.0 Å². The zero-order chi connectivity index (χ0) is 34.1. The summed E-state index contributed by atoms with van der Waals surface area (Å²) in [7, 11) is 0. The van der Waals surface area contributed by atoms with Gasteiger partial charge in [0.1, 0.15) is 18.5 Å². The molecule has 3 aliphatic rings. The van der Waals surface area contributed by atoms with Crippen molar-refractivity contribution < 1.29 is 28.6 Å². The Bertz CT molecular complexity index is 1000. The Hall–Kier alpha value is -1.55. The zero-order valence-electron chi connectivity index (χ0n) is 30.5. The molecule has 0 aromatic carbocycles. The Morgan fingerprint density at radius 1 is 0.622 bits per heavy atom. The smallest absolute Gasteiger partial charge is 0.335 e. The molecule has 2 atom stereocenters. The molecule has 9 heteroatoms. The lowest BCUT2D eigenvalue weighted by atomic mass is 9.80. The zero-order valence-corrected chi connectivity index (χ0v) is 30.5. The van der Waals surface area contributed by atoms with Gasteiger partial charge >= 0.3 is 11.9 Å². The minimum absolute atomic E-state index is 0.164. The van der Waals surface area contributed by atoms with Gasteiger partial charge in [0.2, 0.25) is 0 Å². The first-order valence-corrected chi connectivity index (χ1v) is 17.3. The highest BCUT2D eigenvalue weighted by molar-refractivity contribution is 5.78. The molecule has 3 N–H and O–H groups in total. The number of unbranched alkanes of at least 4 members (excludes halogenated alkanes) is 1. The van der Waals surface area contributed by atoms with Gasteiger partial charge in [0, 0.05) is 65.3 Å². The fraction of sp³-hybridized carbons (Fsp3) is 0.917. The SMILES string of the molecule is CC1(C)CC(OC(=O)C(CCCC=O)CC(OC2CC(C)(C)NC(C)(C)C2)C(=O)OC2CC(C)(C)NC(C)(C)C2)CC(C)(C)N1. The molecule has 3 fully saturated rings. The van der Waals surface area contributed by atoms with Crippen LogP contribution in [0.25, 0.3) is 0 Å². The van der Waals surface area contributed by atoms with Crippen LogP contribution in [-0.2, 0) is 28.6 Å². The summed E-state index contributed by atoms with van der Waals surface area (Å²) in [5.74, 6) is -1.33. The number of esters is 2. The van der Waals surface area contributed by atoms with Crippen LogP contribution in [0, 0.1) is 5.92 Å². The second kappa shape index (κ2) is 13.9. The average Bonchev–Trinajstić information content (AvgIpc) is 2.76. The van der Waals surface area contributed by atoms with E-state index in [-0.39, 0.29) is 63.9 Å². The van der Waals surface area contributed by atoms with Crippen LogP contribution in [0.3, 0.4) is 0 Å². The van der Waals surface area contributed by atoms with E-state index in [2.05, 4.69) is 99.0 Å². The quantitative estimate of drug-likeness (QED) is 0.140. The van der Waals surface area contributed by atoms with Crippen LogP contribution in [0.2, 0.25) is 0 Å². The third-order valence-corrected chi connectivity index (χ3v) is 9.35. The molecule has 0 saturated carbocycles. The van der Waals surface area contributed by atoms with E-state index in [0.717, 1.165) is 19.1 Å². The number of hydrogen-bond donors (Lipinski definition) is 3. The summed E-state index contributed by atoms with van der Waals surface area (Å²) < 4.78 is 19.1. The van der Waals surface area contributed by atoms with Crippen molar-refractivity contribution in [1.29, 1.82) is 0 Å². The molecule has 3 saturated heterocycles. The van der Waals surface area contributed by atoms with Gasteiger partial charge < -0.3 is 35.0 Å². The number of carbonyl (C=O) groups excluding carboxylic acids is 3. The molecule has 0 aromatic rings. The fourth-order valence-corrected chi connectivity index (χ4v) is 8.93. The molecule has 9 nitrogen and oxygen atoms in total. The molecule has 0 aliphatic carbocycles. The molecule has 3 rings (SSSR count). The second-order valence-corrected chi connectivity index (χ2v) is 18.3. The van der Waals surface area contributed by atoms with Gasteiger partial charge in [-0.2, -0.15) is 0 Å². The highest BCUT2D eigenvalue weighted by Crippen LogP contribution is 2.35. The van der Waals surface area contributed by atoms with Crippen LogP contribution >= 0.6 is 0 Å². The minimum atomic E-state index is -0.921. The normalized spacial score (nSPS) is 27.2. The van der Waals surface area contributed by atoms with Crippen LogP contribution in [0.4, 0.5) is 0 Å². The van der Waals surface area contributed by atoms with E-state index in [1.807, 2.05) is 0 Å². The molecular weight excluding hydrogens is 570 g/mol. The fourth-order valence-electron chi connectivity index (χ4n) is 8.93. The van der Waals surface area contributed by atoms with Crippen molar-refractivity contribution in [3.63, 3.8) is 0 Å². The molecule has 0 spiro atoms. The third-order valence-electron chi connectivity index (χ3n) is 9.35. The first kappa shape index (κ1) is 37.9. The molecule has 0 bridgehead atoms. The first-order valence-electron chi connectivity index (χ1n) is 17.3. The third kappa shape index (κ3) is 12.2. The summed E-state index contributed by atoms with van der Waals surface area (Å²) in [5, 5.41) is 11.0. The van der Waals surface area contributed by atoms with Gasteiger partial charge in [-0.1, -0.05) is 0 Å². The maximum atomic E-state index is 14.1. The van der Waals surface area contributed by atoms with Crippen molar-refractivity contribution in [3.8, 4) is 0 Å². The predicted molar refractivity (Wildman–Crippen MR) is 178 cm³/mol. The molecule has 3 heterocycles. The minimum Gasteiger partial charge on any atom is -0.462 e. The first-order chi connectivity index (χ1) is 20.4. The lowest BCUT2D eigenvalue weighted by molar-refractivity contribution is -0.177. The van der Waals surface area contributed by atoms with Gasteiger partial charge in [0.15, 0.2) is 6.10 Å². The Morgan fingerprint density at radius 3 is 1.36 bits per heavy atom. The van der Waals surface area contributed by atoms with Crippen molar-refractivity contribution in [2.45, 2.75) is 205 Å². The van der Waals surface area contributed by atoms with Crippen molar-refractivity contribution in [2.24, 2.45) is 5.92 Å². The summed E-state index contributed by atoms with van der Waals surface area (Å²) >= 11 is 0. The summed E-state index contributed by atoms with van der Waals surface area (Å²) in [6, 6.07) is 0. The summed E-state index contributed by atoms with van der Waals surface area (Å²) in [6.45, 7) is 25.6. The molecule has 260 valence electrons. The van der Waals surface area contributed by atoms with Crippen molar-refractivity contribution in [1.82, 2.24) is 16.0 Å². The molecule has 45 heavy (non-hydrogen) atoms. The number of rotatable bonds is 12. The average molecular weight is 636 g/mol. The van der Waals surface area contributed by atoms with Crippen LogP contribution in [0.1, 0.15) is 147 Å². The Labute approximate surface area is 273 Å². The number of piperidine rings is 3. The number of ether oxygens (including phenoxy) is 3. The lowest BCUT2D eigenvalue weighted by Crippen LogP contribution is -2.61. The summed E-state index contributed by atoms with van der Waals surface area (Å²) in [5.41, 5.74) is -1.10. The highest BCUT2D eigenvalue weighted by Gasteiger charge is 2.45. The Morgan fingerprint density at radius 2 is 0.978 bits per heavy atom. The Balaban J connectivity index is 1.86. The molecule has 3 aliphatic heterocycles. The van der Waals surface area contributed by atoms with E-state index in [1.54, 1.807) is 0 Å². The second-order valence-electron chi connectivity index (χ2n) is 18.3. The lowest BCUT2D eigenvalue weighted by Gasteiger charge is -2.47. The molecular formula is C36H65N3O6. The predicted octanol–water partition coefficient (Wildman–Crippen LogP) is 5.76. The summed E-state index contributed by atoms with van der Waals surface area (Å²) in [4.78, 5) is 39.2. The van der Waals surface area contributed by atoms with Gasteiger partial charge in [-0.15, -0.1) is 0 Å². The van der Waals surface area contributed by atoms with E-state index < -0.39 is 18.0 Å². The number of hydrogen-bond acceptors (Lipinski definition) is 9. The number of aldehydes is 1. The monoisotopic (exact) mass is 635 g/mol. The maximum Gasteiger partial charge on any atom is 0.335 e. The largest absolute Gasteiger partial charge is 0.462 e. The van der Waals surface area contributed by atoms with Crippen LogP contribution < -0.4 is 16.0 Å². The van der Waals surface area contributed by atoms with E-state index >= 15 is 0 Å². The summed E-state index contributed by atoms with van der Waals surface area (Å²) in [6.07, 6.45) is 4.99. The van der Waals surface area contributed by atoms with Crippen molar-refractivity contribution >= 4 is 18.2 Å². The van der Waals surface area contributed by atoms with E-state index in [4.69, 9.17) is 14.2 Å². The number of carbonyl (C=O) groups is 3. The van der Waals surface area contributed by atoms with E-state index in [9.17, 15) is 14.4 Å². The molecule has 0 radical (unpaired) electrons. The van der Waals surface area contributed by atoms with Crippen molar-refractivity contribution in [2.75, 3.05) is 0 Å². The van der Waals surface area contributed by atoms with Crippen molar-refractivity contribution in [3.05, 3.63) is 0 Å². The highest BCUT2D eigenvalue weighted by atomic mass is 16.6. The number of nitrogens with one attached hydrogen (secondary N) is 3. The van der Waals surface area contributed by atoms with Gasteiger partial charge in [0.25, 0.3) is 0 Å². The van der Waals surface area contributed by atoms with Crippen LogP contribution in [0.15, 0.2) is 0 Å². The topological polar surface area (TPSA) is 115 Å².